The number of rotatable bonds is 6. The molecule has 0 atom stereocenters. The number of hydrogen-bond acceptors (Lipinski definition) is 2. The fraction of sp³-hybridized carbons (Fsp3) is 0.235. The fourth-order valence-corrected chi connectivity index (χ4v) is 2.21. The lowest BCUT2D eigenvalue weighted by Gasteiger charge is -2.12. The summed E-state index contributed by atoms with van der Waals surface area (Å²) in [6, 6.07) is 12.5. The Kier molecular flexibility index (Phi) is 6.23. The molecule has 0 aliphatic heterocycles. The van der Waals surface area contributed by atoms with Gasteiger partial charge in [0.05, 0.1) is 16.3 Å². The monoisotopic (exact) mass is 356 g/mol. The summed E-state index contributed by atoms with van der Waals surface area (Å²) in [4.78, 5) is 11.8. The molecular formula is C17H16ClF3N2O. The van der Waals surface area contributed by atoms with Crippen LogP contribution in [0.4, 0.5) is 18.9 Å². The molecule has 0 saturated heterocycles. The van der Waals surface area contributed by atoms with E-state index in [1.807, 2.05) is 30.3 Å². The first-order valence-corrected chi connectivity index (χ1v) is 7.65. The predicted molar refractivity (Wildman–Crippen MR) is 87.8 cm³/mol. The molecule has 0 bridgehead atoms. The van der Waals surface area contributed by atoms with Crippen molar-refractivity contribution in [1.29, 1.82) is 0 Å². The molecule has 0 spiro atoms. The summed E-state index contributed by atoms with van der Waals surface area (Å²) in [6.45, 7) is 1.01. The van der Waals surface area contributed by atoms with Gasteiger partial charge < -0.3 is 10.6 Å². The Morgan fingerprint density at radius 2 is 1.79 bits per heavy atom. The van der Waals surface area contributed by atoms with E-state index in [9.17, 15) is 18.0 Å². The van der Waals surface area contributed by atoms with Crippen LogP contribution in [0.1, 0.15) is 17.5 Å². The number of carbonyl (C=O) groups excluding carboxylic acids is 1. The number of hydrogen-bond donors (Lipinski definition) is 2. The average molecular weight is 357 g/mol. The Morgan fingerprint density at radius 1 is 1.08 bits per heavy atom. The second-order valence-corrected chi connectivity index (χ2v) is 5.56. The van der Waals surface area contributed by atoms with E-state index in [-0.39, 0.29) is 17.1 Å². The molecule has 0 radical (unpaired) electrons. The van der Waals surface area contributed by atoms with Gasteiger partial charge in [-0.15, -0.1) is 0 Å². The summed E-state index contributed by atoms with van der Waals surface area (Å²) in [6.07, 6.45) is -4.36. The molecule has 0 fully saturated rings. The van der Waals surface area contributed by atoms with E-state index in [0.717, 1.165) is 23.8 Å². The van der Waals surface area contributed by atoms with Crippen LogP contribution in [0.15, 0.2) is 48.5 Å². The van der Waals surface area contributed by atoms with Gasteiger partial charge in [0.15, 0.2) is 0 Å². The lowest BCUT2D eigenvalue weighted by molar-refractivity contribution is -0.137. The summed E-state index contributed by atoms with van der Waals surface area (Å²) in [5.74, 6) is -0.406. The maximum absolute atomic E-state index is 12.7. The number of halogens is 4. The van der Waals surface area contributed by atoms with E-state index in [1.165, 1.54) is 0 Å². The summed E-state index contributed by atoms with van der Waals surface area (Å²) in [5, 5.41) is 5.57. The Hall–Kier alpha value is -2.05. The van der Waals surface area contributed by atoms with Gasteiger partial charge in [0.2, 0.25) is 5.91 Å². The molecule has 0 aliphatic rings. The Balaban J connectivity index is 1.84. The minimum absolute atomic E-state index is 0.0421. The van der Waals surface area contributed by atoms with Crippen molar-refractivity contribution in [2.75, 3.05) is 11.9 Å². The van der Waals surface area contributed by atoms with E-state index in [2.05, 4.69) is 10.6 Å². The molecule has 24 heavy (non-hydrogen) atoms. The van der Waals surface area contributed by atoms with Crippen molar-refractivity contribution in [3.8, 4) is 0 Å². The maximum atomic E-state index is 12.7. The molecule has 7 heteroatoms. The summed E-state index contributed by atoms with van der Waals surface area (Å²) in [5.41, 5.74) is 0.183. The summed E-state index contributed by atoms with van der Waals surface area (Å²) < 4.78 is 38.0. The molecule has 0 aromatic heterocycles. The van der Waals surface area contributed by atoms with Gasteiger partial charge in [-0.1, -0.05) is 41.9 Å². The molecule has 1 amide bonds. The van der Waals surface area contributed by atoms with Crippen molar-refractivity contribution in [3.63, 3.8) is 0 Å². The summed E-state index contributed by atoms with van der Waals surface area (Å²) in [7, 11) is 0. The SMILES string of the molecule is O=C(CCNCc1ccccc1)Nc1cc(C(F)(F)F)ccc1Cl. The zero-order chi connectivity index (χ0) is 17.6. The molecule has 2 N–H and O–H groups in total. The third-order valence-electron chi connectivity index (χ3n) is 3.27. The third-order valence-corrected chi connectivity index (χ3v) is 3.60. The lowest BCUT2D eigenvalue weighted by atomic mass is 10.2. The van der Waals surface area contributed by atoms with Crippen molar-refractivity contribution < 1.29 is 18.0 Å². The Morgan fingerprint density at radius 3 is 2.46 bits per heavy atom. The van der Waals surface area contributed by atoms with Crippen LogP contribution in [0.2, 0.25) is 5.02 Å². The predicted octanol–water partition coefficient (Wildman–Crippen LogP) is 4.48. The van der Waals surface area contributed by atoms with Crippen LogP contribution in [-0.4, -0.2) is 12.5 Å². The van der Waals surface area contributed by atoms with Crippen LogP contribution < -0.4 is 10.6 Å². The Labute approximate surface area is 142 Å². The molecular weight excluding hydrogens is 341 g/mol. The number of carbonyl (C=O) groups is 1. The lowest BCUT2D eigenvalue weighted by Crippen LogP contribution is -2.21. The second kappa shape index (κ2) is 8.17. The summed E-state index contributed by atoms with van der Waals surface area (Å²) >= 11 is 5.83. The average Bonchev–Trinajstić information content (AvgIpc) is 2.53. The molecule has 0 heterocycles. The second-order valence-electron chi connectivity index (χ2n) is 5.15. The zero-order valence-electron chi connectivity index (χ0n) is 12.7. The van der Waals surface area contributed by atoms with Gasteiger partial charge in [0.25, 0.3) is 0 Å². The van der Waals surface area contributed by atoms with Crippen molar-refractivity contribution in [1.82, 2.24) is 5.32 Å². The van der Waals surface area contributed by atoms with Crippen molar-refractivity contribution in [3.05, 3.63) is 64.7 Å². The van der Waals surface area contributed by atoms with Gasteiger partial charge in [0.1, 0.15) is 0 Å². The van der Waals surface area contributed by atoms with Crippen molar-refractivity contribution in [2.24, 2.45) is 0 Å². The highest BCUT2D eigenvalue weighted by molar-refractivity contribution is 6.33. The normalized spacial score (nSPS) is 11.3. The smallest absolute Gasteiger partial charge is 0.325 e. The number of nitrogens with one attached hydrogen (secondary N) is 2. The molecule has 2 rings (SSSR count). The standard InChI is InChI=1S/C17H16ClF3N2O/c18-14-7-6-13(17(19,20)21)10-15(14)23-16(24)8-9-22-11-12-4-2-1-3-5-12/h1-7,10,22H,8-9,11H2,(H,23,24). The number of alkyl halides is 3. The van der Waals surface area contributed by atoms with Crippen LogP contribution in [0.5, 0.6) is 0 Å². The molecule has 0 aliphatic carbocycles. The first kappa shape index (κ1) is 18.3. The van der Waals surface area contributed by atoms with Crippen molar-refractivity contribution in [2.45, 2.75) is 19.1 Å². The van der Waals surface area contributed by atoms with E-state index in [1.54, 1.807) is 0 Å². The van der Waals surface area contributed by atoms with E-state index in [0.29, 0.717) is 13.1 Å². The molecule has 0 unspecified atom stereocenters. The molecule has 3 nitrogen and oxygen atoms in total. The van der Waals surface area contributed by atoms with Gasteiger partial charge >= 0.3 is 6.18 Å². The minimum Gasteiger partial charge on any atom is -0.325 e. The van der Waals surface area contributed by atoms with Gasteiger partial charge in [-0.2, -0.15) is 13.2 Å². The van der Waals surface area contributed by atoms with Crippen molar-refractivity contribution >= 4 is 23.2 Å². The molecule has 2 aromatic carbocycles. The highest BCUT2D eigenvalue weighted by Gasteiger charge is 2.31. The number of amides is 1. The van der Waals surface area contributed by atoms with Crippen LogP contribution in [-0.2, 0) is 17.5 Å². The minimum atomic E-state index is -4.48. The number of benzene rings is 2. The third kappa shape index (κ3) is 5.54. The van der Waals surface area contributed by atoms with Gasteiger partial charge in [-0.3, -0.25) is 4.79 Å². The quantitative estimate of drug-likeness (QED) is 0.749. The topological polar surface area (TPSA) is 41.1 Å². The molecule has 2 aromatic rings. The Bertz CT molecular complexity index is 690. The molecule has 0 saturated carbocycles. The highest BCUT2D eigenvalue weighted by atomic mass is 35.5. The van der Waals surface area contributed by atoms with Crippen LogP contribution in [0.25, 0.3) is 0 Å². The maximum Gasteiger partial charge on any atom is 0.416 e. The van der Waals surface area contributed by atoms with E-state index >= 15 is 0 Å². The highest BCUT2D eigenvalue weighted by Crippen LogP contribution is 2.33. The van der Waals surface area contributed by atoms with E-state index < -0.39 is 17.6 Å². The van der Waals surface area contributed by atoms with Crippen LogP contribution in [0.3, 0.4) is 0 Å². The first-order chi connectivity index (χ1) is 11.4. The first-order valence-electron chi connectivity index (χ1n) is 7.27. The van der Waals surface area contributed by atoms with Gasteiger partial charge in [-0.25, -0.2) is 0 Å². The fourth-order valence-electron chi connectivity index (χ4n) is 2.04. The number of anilines is 1. The zero-order valence-corrected chi connectivity index (χ0v) is 13.4. The molecule has 128 valence electrons. The van der Waals surface area contributed by atoms with Gasteiger partial charge in [0, 0.05) is 19.5 Å². The van der Waals surface area contributed by atoms with E-state index in [4.69, 9.17) is 11.6 Å². The van der Waals surface area contributed by atoms with Gasteiger partial charge in [-0.05, 0) is 23.8 Å². The van der Waals surface area contributed by atoms with Crippen LogP contribution in [0, 0.1) is 0 Å². The largest absolute Gasteiger partial charge is 0.416 e. The van der Waals surface area contributed by atoms with Crippen LogP contribution >= 0.6 is 11.6 Å².